The fourth-order valence-electron chi connectivity index (χ4n) is 4.12. The Morgan fingerprint density at radius 3 is 1.77 bits per heavy atom. The second kappa shape index (κ2) is 7.48. The molecule has 0 saturated carbocycles. The SMILES string of the molecule is O=C(C[C@H](c1ccccc1)C1([N+](=O)[O-])C(=O)c2ccccc2C1=O)c1ccccc1. The zero-order valence-corrected chi connectivity index (χ0v) is 15.9. The number of Topliss-reactive ketones (excluding diaryl/α,β-unsaturated/α-hetero) is 3. The van der Waals surface area contributed by atoms with Crippen molar-refractivity contribution in [2.45, 2.75) is 17.9 Å². The lowest BCUT2D eigenvalue weighted by Crippen LogP contribution is -2.54. The van der Waals surface area contributed by atoms with Crippen LogP contribution in [0.5, 0.6) is 0 Å². The Bertz CT molecular complexity index is 1120. The van der Waals surface area contributed by atoms with Gasteiger partial charge in [-0.1, -0.05) is 84.9 Å². The van der Waals surface area contributed by atoms with Crippen LogP contribution in [-0.4, -0.2) is 27.8 Å². The summed E-state index contributed by atoms with van der Waals surface area (Å²) in [6, 6.07) is 22.6. The smallest absolute Gasteiger partial charge is 0.294 e. The molecule has 0 unspecified atom stereocenters. The third-order valence-corrected chi connectivity index (χ3v) is 5.59. The maximum Gasteiger partial charge on any atom is 0.352 e. The van der Waals surface area contributed by atoms with Crippen molar-refractivity contribution < 1.29 is 19.3 Å². The summed E-state index contributed by atoms with van der Waals surface area (Å²) in [5.41, 5.74) is -1.77. The van der Waals surface area contributed by atoms with Gasteiger partial charge in [0.25, 0.3) is 0 Å². The fraction of sp³-hybridized carbons (Fsp3) is 0.125. The molecule has 1 aliphatic rings. The summed E-state index contributed by atoms with van der Waals surface area (Å²) in [6.45, 7) is 0. The third kappa shape index (κ3) is 2.85. The fourth-order valence-corrected chi connectivity index (χ4v) is 4.12. The standard InChI is InChI=1S/C24H17NO5/c26-21(17-11-5-2-6-12-17)15-20(16-9-3-1-4-10-16)24(25(29)30)22(27)18-13-7-8-14-19(18)23(24)28/h1-14,20H,15H2/t20-/m1/s1. The van der Waals surface area contributed by atoms with E-state index in [4.69, 9.17) is 0 Å². The molecule has 6 heteroatoms. The molecule has 0 fully saturated rings. The van der Waals surface area contributed by atoms with Gasteiger partial charge in [0.1, 0.15) is 0 Å². The molecule has 0 amide bonds. The van der Waals surface area contributed by atoms with Crippen LogP contribution >= 0.6 is 0 Å². The largest absolute Gasteiger partial charge is 0.352 e. The third-order valence-electron chi connectivity index (χ3n) is 5.59. The molecule has 0 saturated heterocycles. The zero-order valence-electron chi connectivity index (χ0n) is 15.9. The number of nitro groups is 1. The minimum absolute atomic E-state index is 0.0206. The average molecular weight is 399 g/mol. The van der Waals surface area contributed by atoms with Gasteiger partial charge in [0.15, 0.2) is 5.78 Å². The van der Waals surface area contributed by atoms with E-state index in [-0.39, 0.29) is 23.3 Å². The molecule has 0 N–H and O–H groups in total. The van der Waals surface area contributed by atoms with Gasteiger partial charge < -0.3 is 0 Å². The molecule has 0 radical (unpaired) electrons. The Labute approximate surface area is 172 Å². The van der Waals surface area contributed by atoms with Crippen LogP contribution < -0.4 is 0 Å². The van der Waals surface area contributed by atoms with Crippen molar-refractivity contribution in [1.29, 1.82) is 0 Å². The zero-order chi connectivity index (χ0) is 21.3. The number of ketones is 3. The topological polar surface area (TPSA) is 94.3 Å². The van der Waals surface area contributed by atoms with Crippen molar-refractivity contribution in [3.05, 3.63) is 117 Å². The predicted molar refractivity (Wildman–Crippen MR) is 109 cm³/mol. The van der Waals surface area contributed by atoms with E-state index in [1.165, 1.54) is 12.1 Å². The molecule has 148 valence electrons. The van der Waals surface area contributed by atoms with E-state index in [9.17, 15) is 24.5 Å². The molecule has 0 bridgehead atoms. The van der Waals surface area contributed by atoms with Gasteiger partial charge in [0.2, 0.25) is 11.6 Å². The first-order chi connectivity index (χ1) is 14.5. The lowest BCUT2D eigenvalue weighted by Gasteiger charge is -2.27. The summed E-state index contributed by atoms with van der Waals surface area (Å²) in [7, 11) is 0. The van der Waals surface area contributed by atoms with Crippen LogP contribution in [0.15, 0.2) is 84.9 Å². The second-order valence-corrected chi connectivity index (χ2v) is 7.18. The van der Waals surface area contributed by atoms with Crippen LogP contribution in [0.1, 0.15) is 49.0 Å². The molecular weight excluding hydrogens is 382 g/mol. The minimum atomic E-state index is -2.57. The van der Waals surface area contributed by atoms with E-state index < -0.39 is 27.9 Å². The lowest BCUT2D eigenvalue weighted by molar-refractivity contribution is -0.534. The number of hydrogen-bond acceptors (Lipinski definition) is 5. The highest BCUT2D eigenvalue weighted by molar-refractivity contribution is 6.32. The lowest BCUT2D eigenvalue weighted by atomic mass is 9.73. The highest BCUT2D eigenvalue weighted by Gasteiger charge is 2.68. The maximum absolute atomic E-state index is 13.3. The molecule has 0 aliphatic heterocycles. The molecular formula is C24H17NO5. The predicted octanol–water partition coefficient (Wildman–Crippen LogP) is 4.14. The van der Waals surface area contributed by atoms with Gasteiger partial charge in [-0.25, -0.2) is 0 Å². The maximum atomic E-state index is 13.3. The summed E-state index contributed by atoms with van der Waals surface area (Å²) >= 11 is 0. The van der Waals surface area contributed by atoms with Gasteiger partial charge in [0, 0.05) is 28.0 Å². The number of fused-ring (bicyclic) bond motifs is 1. The Kier molecular flexibility index (Phi) is 4.83. The first kappa shape index (κ1) is 19.4. The molecule has 0 heterocycles. The summed E-state index contributed by atoms with van der Waals surface area (Å²) < 4.78 is 0. The van der Waals surface area contributed by atoms with Crippen molar-refractivity contribution in [3.8, 4) is 0 Å². The van der Waals surface area contributed by atoms with Gasteiger partial charge in [-0.15, -0.1) is 0 Å². The van der Waals surface area contributed by atoms with Gasteiger partial charge in [-0.05, 0) is 5.56 Å². The van der Waals surface area contributed by atoms with E-state index in [0.29, 0.717) is 11.1 Å². The van der Waals surface area contributed by atoms with Crippen LogP contribution in [0.2, 0.25) is 0 Å². The van der Waals surface area contributed by atoms with Gasteiger partial charge in [-0.3, -0.25) is 24.5 Å². The number of benzene rings is 3. The van der Waals surface area contributed by atoms with E-state index >= 15 is 0 Å². The highest BCUT2D eigenvalue weighted by atomic mass is 16.6. The highest BCUT2D eigenvalue weighted by Crippen LogP contribution is 2.44. The Morgan fingerprint density at radius 1 is 0.800 bits per heavy atom. The molecule has 3 aromatic rings. The second-order valence-electron chi connectivity index (χ2n) is 7.18. The molecule has 6 nitrogen and oxygen atoms in total. The molecule has 3 aromatic carbocycles. The van der Waals surface area contributed by atoms with Crippen molar-refractivity contribution in [2.24, 2.45) is 0 Å². The molecule has 1 aliphatic carbocycles. The first-order valence-corrected chi connectivity index (χ1v) is 9.44. The molecule has 1 atom stereocenters. The van der Waals surface area contributed by atoms with Crippen molar-refractivity contribution in [2.75, 3.05) is 0 Å². The Balaban J connectivity index is 1.89. The average Bonchev–Trinajstić information content (AvgIpc) is 3.01. The van der Waals surface area contributed by atoms with E-state index in [2.05, 4.69) is 0 Å². The number of carbonyl (C=O) groups is 3. The van der Waals surface area contributed by atoms with Crippen molar-refractivity contribution in [1.82, 2.24) is 0 Å². The first-order valence-electron chi connectivity index (χ1n) is 9.44. The van der Waals surface area contributed by atoms with E-state index in [1.807, 2.05) is 0 Å². The van der Waals surface area contributed by atoms with Gasteiger partial charge in [-0.2, -0.15) is 0 Å². The molecule has 30 heavy (non-hydrogen) atoms. The quantitative estimate of drug-likeness (QED) is 0.269. The van der Waals surface area contributed by atoms with Crippen molar-refractivity contribution in [3.63, 3.8) is 0 Å². The number of rotatable bonds is 6. The van der Waals surface area contributed by atoms with Crippen LogP contribution in [0.3, 0.4) is 0 Å². The minimum Gasteiger partial charge on any atom is -0.294 e. The number of hydrogen-bond donors (Lipinski definition) is 0. The van der Waals surface area contributed by atoms with E-state index in [1.54, 1.807) is 72.8 Å². The summed E-state index contributed by atoms with van der Waals surface area (Å²) in [4.78, 5) is 51.2. The number of carbonyl (C=O) groups excluding carboxylic acids is 3. The van der Waals surface area contributed by atoms with Crippen LogP contribution in [0, 0.1) is 10.1 Å². The Morgan fingerprint density at radius 2 is 1.27 bits per heavy atom. The van der Waals surface area contributed by atoms with E-state index in [0.717, 1.165) is 0 Å². The van der Waals surface area contributed by atoms with Crippen LogP contribution in [0.4, 0.5) is 0 Å². The van der Waals surface area contributed by atoms with Gasteiger partial charge in [0.05, 0.1) is 5.92 Å². The van der Waals surface area contributed by atoms with Crippen LogP contribution in [-0.2, 0) is 0 Å². The molecule has 0 aromatic heterocycles. The monoisotopic (exact) mass is 399 g/mol. The van der Waals surface area contributed by atoms with Gasteiger partial charge >= 0.3 is 5.54 Å². The number of nitrogens with zero attached hydrogens (tertiary/aromatic N) is 1. The summed E-state index contributed by atoms with van der Waals surface area (Å²) in [5.74, 6) is -3.36. The summed E-state index contributed by atoms with van der Waals surface area (Å²) in [5, 5.41) is 12.4. The Hall–Kier alpha value is -3.93. The summed E-state index contributed by atoms with van der Waals surface area (Å²) in [6.07, 6.45) is -0.347. The molecule has 4 rings (SSSR count). The van der Waals surface area contributed by atoms with Crippen LogP contribution in [0.25, 0.3) is 0 Å². The van der Waals surface area contributed by atoms with Crippen molar-refractivity contribution >= 4 is 17.3 Å². The normalized spacial score (nSPS) is 15.5. The molecule has 0 spiro atoms.